The molecule has 4 aromatic carbocycles. The van der Waals surface area contributed by atoms with Gasteiger partial charge >= 0.3 is 11.9 Å². The number of allylic oxidation sites excluding steroid dienone is 7. The van der Waals surface area contributed by atoms with Gasteiger partial charge in [-0.2, -0.15) is 0 Å². The molecule has 0 fully saturated rings. The molecule has 0 amide bonds. The summed E-state index contributed by atoms with van der Waals surface area (Å²) in [5, 5.41) is 0. The highest BCUT2D eigenvalue weighted by molar-refractivity contribution is 5.91. The predicted molar refractivity (Wildman–Crippen MR) is 209 cm³/mol. The fourth-order valence-corrected chi connectivity index (χ4v) is 6.00. The number of esters is 2. The number of rotatable bonds is 13. The molecule has 5 rings (SSSR count). The van der Waals surface area contributed by atoms with E-state index in [1.807, 2.05) is 67.3 Å². The Balaban J connectivity index is 1.43. The lowest BCUT2D eigenvalue weighted by Gasteiger charge is -2.31. The summed E-state index contributed by atoms with van der Waals surface area (Å²) in [6, 6.07) is 32.5. The Morgan fingerprint density at radius 3 is 1.98 bits per heavy atom. The fourth-order valence-electron chi connectivity index (χ4n) is 6.00. The zero-order chi connectivity index (χ0) is 36.3. The summed E-state index contributed by atoms with van der Waals surface area (Å²) in [6.07, 6.45) is 12.6. The monoisotopic (exact) mass is 678 g/mol. The molecule has 51 heavy (non-hydrogen) atoms. The fraction of sp³-hybridized carbons (Fsp3) is 0.200. The smallest absolute Gasteiger partial charge is 0.338 e. The number of carbonyl (C=O) groups excluding carboxylic acids is 2. The van der Waals surface area contributed by atoms with Crippen molar-refractivity contribution in [3.8, 4) is 0 Å². The lowest BCUT2D eigenvalue weighted by atomic mass is 9.96. The molecule has 0 spiro atoms. The van der Waals surface area contributed by atoms with E-state index in [1.54, 1.807) is 13.0 Å². The van der Waals surface area contributed by atoms with Crippen molar-refractivity contribution in [3.63, 3.8) is 0 Å². The molecule has 0 N–H and O–H groups in total. The maximum atomic E-state index is 12.7. The van der Waals surface area contributed by atoms with Crippen LogP contribution in [0.25, 0.3) is 5.57 Å². The predicted octanol–water partition coefficient (Wildman–Crippen LogP) is 11.0. The zero-order valence-corrected chi connectivity index (χ0v) is 30.1. The highest BCUT2D eigenvalue weighted by atomic mass is 16.5. The molecule has 1 aliphatic rings. The molecule has 0 bridgehead atoms. The van der Waals surface area contributed by atoms with E-state index in [-0.39, 0.29) is 17.9 Å². The van der Waals surface area contributed by atoms with Crippen LogP contribution in [0.5, 0.6) is 0 Å². The molecule has 260 valence electrons. The second-order valence-corrected chi connectivity index (χ2v) is 12.3. The van der Waals surface area contributed by atoms with E-state index in [0.29, 0.717) is 25.2 Å². The highest BCUT2D eigenvalue weighted by Crippen LogP contribution is 2.36. The molecule has 4 aromatic rings. The zero-order valence-electron chi connectivity index (χ0n) is 30.1. The van der Waals surface area contributed by atoms with Gasteiger partial charge in [0, 0.05) is 40.6 Å². The molecular formula is C45H46N2O4. The Hall–Kier alpha value is -5.88. The third kappa shape index (κ3) is 9.03. The third-order valence-electron chi connectivity index (χ3n) is 8.65. The Bertz CT molecular complexity index is 1970. The van der Waals surface area contributed by atoms with Crippen LogP contribution in [0.3, 0.4) is 0 Å². The number of ether oxygens (including phenoxy) is 2. The van der Waals surface area contributed by atoms with E-state index < -0.39 is 0 Å². The van der Waals surface area contributed by atoms with Crippen molar-refractivity contribution in [2.45, 2.75) is 41.0 Å². The van der Waals surface area contributed by atoms with Crippen molar-refractivity contribution in [2.75, 3.05) is 23.0 Å². The summed E-state index contributed by atoms with van der Waals surface area (Å²) in [6.45, 7) is 14.9. The number of aryl methyl sites for hydroxylation is 2. The molecule has 1 aliphatic carbocycles. The van der Waals surface area contributed by atoms with E-state index >= 15 is 0 Å². The number of hydrogen-bond acceptors (Lipinski definition) is 6. The van der Waals surface area contributed by atoms with Crippen molar-refractivity contribution in [3.05, 3.63) is 174 Å². The van der Waals surface area contributed by atoms with Crippen LogP contribution >= 0.6 is 0 Å². The maximum Gasteiger partial charge on any atom is 0.338 e. The molecule has 0 saturated carbocycles. The summed E-state index contributed by atoms with van der Waals surface area (Å²) in [4.78, 5) is 29.5. The van der Waals surface area contributed by atoms with Gasteiger partial charge in [0.1, 0.15) is 0 Å². The van der Waals surface area contributed by atoms with Crippen molar-refractivity contribution < 1.29 is 19.1 Å². The van der Waals surface area contributed by atoms with Crippen molar-refractivity contribution >= 4 is 40.3 Å². The van der Waals surface area contributed by atoms with Crippen LogP contribution in [0.1, 0.15) is 54.2 Å². The second-order valence-electron chi connectivity index (χ2n) is 12.3. The van der Waals surface area contributed by atoms with E-state index in [9.17, 15) is 9.59 Å². The summed E-state index contributed by atoms with van der Waals surface area (Å²) in [5.41, 5.74) is 10.4. The average molecular weight is 679 g/mol. The summed E-state index contributed by atoms with van der Waals surface area (Å²) in [7, 11) is 0. The van der Waals surface area contributed by atoms with Crippen LogP contribution in [-0.2, 0) is 14.3 Å². The standard InChI is InChI=1S/C45H46N2O4/c1-7-35(21-20-34(6)46(39-24-16-32(4)17-25-39)42-14-10-12-37(30-42)44(48)50-8-2)36-22-28-41(29-23-36)47(40-26-18-33(5)19-27-40)43-15-11-13-38(31-43)45(49)51-9-3/h7,10-30,38H,6,8-9,31H2,1-5H3/b21-20-,35-7+. The van der Waals surface area contributed by atoms with Gasteiger partial charge in [0.15, 0.2) is 0 Å². The summed E-state index contributed by atoms with van der Waals surface area (Å²) >= 11 is 0. The minimum Gasteiger partial charge on any atom is -0.466 e. The minimum atomic E-state index is -0.361. The first-order chi connectivity index (χ1) is 24.7. The Kier molecular flexibility index (Phi) is 12.3. The van der Waals surface area contributed by atoms with Gasteiger partial charge in [0.05, 0.1) is 24.7 Å². The topological polar surface area (TPSA) is 59.1 Å². The quantitative estimate of drug-likeness (QED) is 0.104. The summed E-state index contributed by atoms with van der Waals surface area (Å²) in [5.74, 6) is -0.908. The average Bonchev–Trinajstić information content (AvgIpc) is 3.15. The molecule has 1 unspecified atom stereocenters. The molecule has 0 heterocycles. The number of carbonyl (C=O) groups is 2. The van der Waals surface area contributed by atoms with Crippen molar-refractivity contribution in [2.24, 2.45) is 5.92 Å². The molecule has 6 heteroatoms. The maximum absolute atomic E-state index is 12.7. The molecule has 6 nitrogen and oxygen atoms in total. The number of nitrogens with zero attached hydrogens (tertiary/aromatic N) is 2. The minimum absolute atomic E-state index is 0.211. The molecule has 0 aliphatic heterocycles. The van der Waals surface area contributed by atoms with Crippen LogP contribution < -0.4 is 9.80 Å². The van der Waals surface area contributed by atoms with Gasteiger partial charge in [-0.1, -0.05) is 84.5 Å². The lowest BCUT2D eigenvalue weighted by Crippen LogP contribution is -2.24. The molecular weight excluding hydrogens is 633 g/mol. The van der Waals surface area contributed by atoms with Gasteiger partial charge in [-0.05, 0) is 113 Å². The van der Waals surface area contributed by atoms with Gasteiger partial charge < -0.3 is 19.3 Å². The summed E-state index contributed by atoms with van der Waals surface area (Å²) < 4.78 is 10.6. The van der Waals surface area contributed by atoms with E-state index in [1.165, 1.54) is 5.56 Å². The van der Waals surface area contributed by atoms with Gasteiger partial charge in [-0.25, -0.2) is 4.79 Å². The number of anilines is 4. The van der Waals surface area contributed by atoms with Crippen LogP contribution in [0.4, 0.5) is 22.7 Å². The van der Waals surface area contributed by atoms with Gasteiger partial charge in [0.25, 0.3) is 0 Å². The van der Waals surface area contributed by atoms with Crippen LogP contribution in [0.15, 0.2) is 151 Å². The second kappa shape index (κ2) is 17.2. The van der Waals surface area contributed by atoms with Gasteiger partial charge in [0.2, 0.25) is 0 Å². The van der Waals surface area contributed by atoms with Crippen LogP contribution in [0.2, 0.25) is 0 Å². The largest absolute Gasteiger partial charge is 0.466 e. The van der Waals surface area contributed by atoms with Gasteiger partial charge in [-0.15, -0.1) is 0 Å². The van der Waals surface area contributed by atoms with Crippen molar-refractivity contribution in [1.82, 2.24) is 0 Å². The molecule has 1 atom stereocenters. The van der Waals surface area contributed by atoms with E-state index in [0.717, 1.165) is 50.8 Å². The SMILES string of the molecule is C=C(/C=C\C(=C/C)c1ccc(N(C2=CC=CC(C(=O)OCC)C2)c2ccc(C)cc2)cc1)N(c1ccc(C)cc1)c1cccc(C(=O)OCC)c1. The van der Waals surface area contributed by atoms with Crippen LogP contribution in [0, 0.1) is 19.8 Å². The Morgan fingerprint density at radius 2 is 1.37 bits per heavy atom. The lowest BCUT2D eigenvalue weighted by molar-refractivity contribution is -0.146. The first-order valence-corrected chi connectivity index (χ1v) is 17.4. The first-order valence-electron chi connectivity index (χ1n) is 17.4. The normalized spacial score (nSPS) is 14.2. The van der Waals surface area contributed by atoms with E-state index in [4.69, 9.17) is 9.47 Å². The Morgan fingerprint density at radius 1 is 0.765 bits per heavy atom. The molecule has 0 radical (unpaired) electrons. The number of hydrogen-bond donors (Lipinski definition) is 0. The first kappa shape index (κ1) is 36.4. The van der Waals surface area contributed by atoms with Gasteiger partial charge in [-0.3, -0.25) is 4.79 Å². The Labute approximate surface area is 302 Å². The molecule has 0 saturated heterocycles. The van der Waals surface area contributed by atoms with Crippen LogP contribution in [-0.4, -0.2) is 25.2 Å². The highest BCUT2D eigenvalue weighted by Gasteiger charge is 2.25. The molecule has 0 aromatic heterocycles. The van der Waals surface area contributed by atoms with Crippen molar-refractivity contribution in [1.29, 1.82) is 0 Å². The third-order valence-corrected chi connectivity index (χ3v) is 8.65. The number of benzene rings is 4. The van der Waals surface area contributed by atoms with E-state index in [2.05, 4.69) is 104 Å².